The topological polar surface area (TPSA) is 75.9 Å². The minimum atomic E-state index is -0.734. The van der Waals surface area contributed by atoms with Crippen LogP contribution in [-0.4, -0.2) is 47.2 Å². The molecule has 0 N–H and O–H groups in total. The van der Waals surface area contributed by atoms with E-state index in [0.29, 0.717) is 24.8 Å². The summed E-state index contributed by atoms with van der Waals surface area (Å²) in [6.45, 7) is 6.86. The third kappa shape index (κ3) is 3.10. The van der Waals surface area contributed by atoms with Crippen molar-refractivity contribution in [2.75, 3.05) is 18.5 Å². The van der Waals surface area contributed by atoms with Gasteiger partial charge in [-0.25, -0.2) is 0 Å². The summed E-state index contributed by atoms with van der Waals surface area (Å²) in [5, 5.41) is 3.88. The Bertz CT molecular complexity index is 1060. The molecule has 2 unspecified atom stereocenters. The Hall–Kier alpha value is -2.93. The fourth-order valence-corrected chi connectivity index (χ4v) is 5.09. The van der Waals surface area contributed by atoms with Gasteiger partial charge in [0.15, 0.2) is 5.76 Å². The molecule has 0 radical (unpaired) electrons. The number of aryl methyl sites for hydroxylation is 1. The number of amides is 2. The molecule has 5 rings (SSSR count). The lowest BCUT2D eigenvalue weighted by atomic mass is 9.76. The third-order valence-electron chi connectivity index (χ3n) is 6.70. The molecule has 7 heteroatoms. The Labute approximate surface area is 181 Å². The normalized spacial score (nSPS) is 28.6. The lowest BCUT2D eigenvalue weighted by Gasteiger charge is -2.27. The van der Waals surface area contributed by atoms with Crippen molar-refractivity contribution in [3.05, 3.63) is 59.5 Å². The molecule has 3 aliphatic rings. The molecule has 2 bridgehead atoms. The standard InChI is InChI=1S/C24H27N3O4/c1-14(2)16-5-7-17(8-6-16)27-13-24-10-9-19(30-24)20(21(24)23(27)29)22(28)26(4)12-18-11-15(3)25-31-18/h5-11,14,19-21H,12-13H2,1-4H3/t19-,20?,21?,24-/m0/s1. The first-order valence-corrected chi connectivity index (χ1v) is 10.7. The number of anilines is 1. The van der Waals surface area contributed by atoms with Gasteiger partial charge in [-0.05, 0) is 30.5 Å². The molecular formula is C24H27N3O4. The van der Waals surface area contributed by atoms with Gasteiger partial charge in [0.1, 0.15) is 5.60 Å². The van der Waals surface area contributed by atoms with Gasteiger partial charge in [0.2, 0.25) is 11.8 Å². The first kappa shape index (κ1) is 20.0. The largest absolute Gasteiger partial charge is 0.360 e. The van der Waals surface area contributed by atoms with E-state index >= 15 is 0 Å². The van der Waals surface area contributed by atoms with E-state index in [9.17, 15) is 9.59 Å². The SMILES string of the molecule is Cc1cc(CN(C)C(=O)C2C3C(=O)N(c4ccc(C(C)C)cc4)C[C@@]34C=C[C@@H]2O4)on1. The molecular weight excluding hydrogens is 394 g/mol. The molecule has 2 aromatic rings. The number of aromatic nitrogens is 1. The zero-order chi connectivity index (χ0) is 21.9. The van der Waals surface area contributed by atoms with Crippen molar-refractivity contribution in [3.8, 4) is 0 Å². The second-order valence-electron chi connectivity index (χ2n) is 9.20. The van der Waals surface area contributed by atoms with Crippen LogP contribution in [0.5, 0.6) is 0 Å². The van der Waals surface area contributed by atoms with E-state index in [2.05, 4.69) is 31.1 Å². The number of hydrogen-bond acceptors (Lipinski definition) is 5. The summed E-state index contributed by atoms with van der Waals surface area (Å²) in [5.41, 5.74) is 2.10. The number of carbonyl (C=O) groups excluding carboxylic acids is 2. The highest BCUT2D eigenvalue weighted by molar-refractivity contribution is 6.03. The molecule has 1 aromatic carbocycles. The van der Waals surface area contributed by atoms with Crippen molar-refractivity contribution >= 4 is 17.5 Å². The quantitative estimate of drug-likeness (QED) is 0.694. The van der Waals surface area contributed by atoms with Crippen LogP contribution in [0.2, 0.25) is 0 Å². The van der Waals surface area contributed by atoms with Crippen LogP contribution in [0, 0.1) is 18.8 Å². The van der Waals surface area contributed by atoms with Crippen molar-refractivity contribution < 1.29 is 18.8 Å². The van der Waals surface area contributed by atoms with Crippen LogP contribution in [-0.2, 0) is 20.9 Å². The summed E-state index contributed by atoms with van der Waals surface area (Å²) in [5.74, 6) is -0.168. The Balaban J connectivity index is 1.39. The average molecular weight is 421 g/mol. The smallest absolute Gasteiger partial charge is 0.234 e. The Kier molecular flexibility index (Phi) is 4.55. The Morgan fingerprint density at radius 3 is 2.71 bits per heavy atom. The molecule has 31 heavy (non-hydrogen) atoms. The van der Waals surface area contributed by atoms with Gasteiger partial charge in [-0.1, -0.05) is 43.3 Å². The van der Waals surface area contributed by atoms with Crippen molar-refractivity contribution in [2.24, 2.45) is 11.8 Å². The summed E-state index contributed by atoms with van der Waals surface area (Å²) in [4.78, 5) is 30.2. The van der Waals surface area contributed by atoms with Crippen molar-refractivity contribution in [1.29, 1.82) is 0 Å². The van der Waals surface area contributed by atoms with Crippen molar-refractivity contribution in [3.63, 3.8) is 0 Å². The molecule has 1 aromatic heterocycles. The number of hydrogen-bond donors (Lipinski definition) is 0. The third-order valence-corrected chi connectivity index (χ3v) is 6.70. The summed E-state index contributed by atoms with van der Waals surface area (Å²) in [7, 11) is 1.73. The maximum Gasteiger partial charge on any atom is 0.234 e. The van der Waals surface area contributed by atoms with Crippen LogP contribution in [0.15, 0.2) is 47.0 Å². The first-order valence-electron chi connectivity index (χ1n) is 10.7. The minimum Gasteiger partial charge on any atom is -0.360 e. The summed E-state index contributed by atoms with van der Waals surface area (Å²) in [6.07, 6.45) is 3.54. The fourth-order valence-electron chi connectivity index (χ4n) is 5.09. The van der Waals surface area contributed by atoms with E-state index in [1.807, 2.05) is 37.3 Å². The summed E-state index contributed by atoms with van der Waals surface area (Å²) in [6, 6.07) is 9.89. The lowest BCUT2D eigenvalue weighted by molar-refractivity contribution is -0.139. The fraction of sp³-hybridized carbons (Fsp3) is 0.458. The predicted molar refractivity (Wildman–Crippen MR) is 114 cm³/mol. The monoisotopic (exact) mass is 421 g/mol. The van der Waals surface area contributed by atoms with Gasteiger partial charge in [0.05, 0.1) is 36.7 Å². The number of carbonyl (C=O) groups is 2. The van der Waals surface area contributed by atoms with E-state index in [4.69, 9.17) is 9.26 Å². The zero-order valence-corrected chi connectivity index (χ0v) is 18.2. The van der Waals surface area contributed by atoms with Gasteiger partial charge in [-0.15, -0.1) is 0 Å². The van der Waals surface area contributed by atoms with Crippen molar-refractivity contribution in [2.45, 2.75) is 44.9 Å². The zero-order valence-electron chi connectivity index (χ0n) is 18.2. The molecule has 0 aliphatic carbocycles. The Morgan fingerprint density at radius 2 is 2.06 bits per heavy atom. The van der Waals surface area contributed by atoms with Crippen LogP contribution < -0.4 is 4.90 Å². The maximum absolute atomic E-state index is 13.5. The molecule has 0 saturated carbocycles. The second-order valence-corrected chi connectivity index (χ2v) is 9.20. The van der Waals surface area contributed by atoms with E-state index in [-0.39, 0.29) is 17.9 Å². The van der Waals surface area contributed by atoms with Gasteiger partial charge in [0, 0.05) is 18.8 Å². The highest BCUT2D eigenvalue weighted by atomic mass is 16.5. The number of benzene rings is 1. The molecule has 162 valence electrons. The number of nitrogens with zero attached hydrogens (tertiary/aromatic N) is 3. The highest BCUT2D eigenvalue weighted by Crippen LogP contribution is 2.53. The lowest BCUT2D eigenvalue weighted by Crippen LogP contribution is -2.44. The molecule has 3 aliphatic heterocycles. The number of rotatable bonds is 5. The number of ether oxygens (including phenoxy) is 1. The van der Waals surface area contributed by atoms with E-state index in [1.54, 1.807) is 16.8 Å². The summed E-state index contributed by atoms with van der Waals surface area (Å²) >= 11 is 0. The number of fused-ring (bicyclic) bond motifs is 1. The van der Waals surface area contributed by atoms with Gasteiger partial charge < -0.3 is 19.1 Å². The van der Waals surface area contributed by atoms with Gasteiger partial charge in [-0.2, -0.15) is 0 Å². The van der Waals surface area contributed by atoms with Crippen LogP contribution in [0.4, 0.5) is 5.69 Å². The second kappa shape index (κ2) is 7.05. The van der Waals surface area contributed by atoms with Crippen LogP contribution in [0.1, 0.15) is 36.8 Å². The summed E-state index contributed by atoms with van der Waals surface area (Å²) < 4.78 is 11.5. The maximum atomic E-state index is 13.5. The molecule has 2 fully saturated rings. The molecule has 2 saturated heterocycles. The van der Waals surface area contributed by atoms with Crippen LogP contribution in [0.25, 0.3) is 0 Å². The molecule has 2 amide bonds. The van der Waals surface area contributed by atoms with Gasteiger partial charge >= 0.3 is 0 Å². The van der Waals surface area contributed by atoms with E-state index in [0.717, 1.165) is 11.4 Å². The van der Waals surface area contributed by atoms with E-state index < -0.39 is 17.4 Å². The van der Waals surface area contributed by atoms with E-state index in [1.165, 1.54) is 5.56 Å². The average Bonchev–Trinajstić information content (AvgIpc) is 3.49. The molecule has 4 atom stereocenters. The molecule has 7 nitrogen and oxygen atoms in total. The minimum absolute atomic E-state index is 0.0496. The van der Waals surface area contributed by atoms with Gasteiger partial charge in [-0.3, -0.25) is 9.59 Å². The molecule has 4 heterocycles. The van der Waals surface area contributed by atoms with Crippen molar-refractivity contribution in [1.82, 2.24) is 10.1 Å². The highest BCUT2D eigenvalue weighted by Gasteiger charge is 2.67. The predicted octanol–water partition coefficient (Wildman–Crippen LogP) is 3.05. The first-order chi connectivity index (χ1) is 14.8. The van der Waals surface area contributed by atoms with Crippen LogP contribution >= 0.6 is 0 Å². The Morgan fingerprint density at radius 1 is 1.32 bits per heavy atom. The van der Waals surface area contributed by atoms with Gasteiger partial charge in [0.25, 0.3) is 0 Å². The van der Waals surface area contributed by atoms with Crippen LogP contribution in [0.3, 0.4) is 0 Å². The molecule has 1 spiro atoms.